The van der Waals surface area contributed by atoms with Crippen LogP contribution in [-0.2, 0) is 6.54 Å². The second kappa shape index (κ2) is 5.96. The summed E-state index contributed by atoms with van der Waals surface area (Å²) in [5, 5.41) is 17.5. The molecule has 0 aliphatic carbocycles. The lowest BCUT2D eigenvalue weighted by molar-refractivity contribution is 0.350. The van der Waals surface area contributed by atoms with E-state index in [1.165, 1.54) is 19.3 Å². The molecule has 106 valence electrons. The zero-order valence-corrected chi connectivity index (χ0v) is 11.3. The van der Waals surface area contributed by atoms with Crippen LogP contribution in [0.25, 0.3) is 0 Å². The van der Waals surface area contributed by atoms with E-state index < -0.39 is 0 Å². The van der Waals surface area contributed by atoms with Crippen molar-refractivity contribution in [1.29, 1.82) is 0 Å². The Morgan fingerprint density at radius 3 is 3.05 bits per heavy atom. The zero-order valence-electron chi connectivity index (χ0n) is 11.3. The first-order valence-corrected chi connectivity index (χ1v) is 7.03. The van der Waals surface area contributed by atoms with Gasteiger partial charge in [0, 0.05) is 6.04 Å². The summed E-state index contributed by atoms with van der Waals surface area (Å²) in [5.74, 6) is 1.22. The normalized spacial score (nSPS) is 18.9. The molecule has 0 saturated carbocycles. The van der Waals surface area contributed by atoms with E-state index in [-0.39, 0.29) is 5.75 Å². The van der Waals surface area contributed by atoms with Crippen molar-refractivity contribution < 1.29 is 9.84 Å². The number of piperidine rings is 1. The molecule has 20 heavy (non-hydrogen) atoms. The van der Waals surface area contributed by atoms with Crippen LogP contribution in [0.5, 0.6) is 17.2 Å². The number of aromatic hydroxyl groups is 1. The number of nitrogens with one attached hydrogen (secondary N) is 1. The first-order valence-electron chi connectivity index (χ1n) is 7.03. The van der Waals surface area contributed by atoms with Crippen LogP contribution in [0, 0.1) is 0 Å². The molecule has 2 aromatic rings. The Hall–Kier alpha value is -2.01. The molecule has 1 saturated heterocycles. The van der Waals surface area contributed by atoms with Gasteiger partial charge in [-0.3, -0.25) is 4.68 Å². The Morgan fingerprint density at radius 1 is 1.35 bits per heavy atom. The monoisotopic (exact) mass is 273 g/mol. The summed E-state index contributed by atoms with van der Waals surface area (Å²) < 4.78 is 7.51. The zero-order chi connectivity index (χ0) is 13.8. The number of para-hydroxylation sites is 2. The van der Waals surface area contributed by atoms with Crippen LogP contribution in [0.1, 0.15) is 19.3 Å². The molecule has 5 nitrogen and oxygen atoms in total. The molecule has 5 heteroatoms. The van der Waals surface area contributed by atoms with E-state index in [2.05, 4.69) is 10.4 Å². The van der Waals surface area contributed by atoms with Crippen molar-refractivity contribution in [3.63, 3.8) is 0 Å². The SMILES string of the molecule is Oc1ccccc1Oc1cnn(CC2CCCCN2)c1. The van der Waals surface area contributed by atoms with Crippen molar-refractivity contribution in [2.45, 2.75) is 31.8 Å². The largest absolute Gasteiger partial charge is 0.504 e. The highest BCUT2D eigenvalue weighted by atomic mass is 16.5. The lowest BCUT2D eigenvalue weighted by atomic mass is 10.1. The van der Waals surface area contributed by atoms with Crippen LogP contribution in [0.3, 0.4) is 0 Å². The summed E-state index contributed by atoms with van der Waals surface area (Å²) >= 11 is 0. The number of ether oxygens (including phenoxy) is 1. The molecule has 1 aromatic heterocycles. The highest BCUT2D eigenvalue weighted by Gasteiger charge is 2.14. The minimum atomic E-state index is 0.134. The third-order valence-corrected chi connectivity index (χ3v) is 3.52. The maximum absolute atomic E-state index is 9.68. The van der Waals surface area contributed by atoms with Gasteiger partial charge in [0.15, 0.2) is 17.2 Å². The minimum Gasteiger partial charge on any atom is -0.504 e. The van der Waals surface area contributed by atoms with Crippen LogP contribution < -0.4 is 10.1 Å². The van der Waals surface area contributed by atoms with Gasteiger partial charge in [0.25, 0.3) is 0 Å². The molecule has 0 amide bonds. The summed E-state index contributed by atoms with van der Waals surface area (Å²) in [5.41, 5.74) is 0. The standard InChI is InChI=1S/C15H19N3O2/c19-14-6-1-2-7-15(14)20-13-9-17-18(11-13)10-12-5-3-4-8-16-12/h1-2,6-7,9,11-12,16,19H,3-5,8,10H2. The number of aromatic nitrogens is 2. The van der Waals surface area contributed by atoms with Gasteiger partial charge in [-0.2, -0.15) is 5.10 Å². The molecule has 1 aliphatic rings. The predicted octanol–water partition coefficient (Wildman–Crippen LogP) is 2.52. The van der Waals surface area contributed by atoms with E-state index in [4.69, 9.17) is 4.74 Å². The van der Waals surface area contributed by atoms with Crippen molar-refractivity contribution in [2.75, 3.05) is 6.54 Å². The Labute approximate surface area is 118 Å². The van der Waals surface area contributed by atoms with E-state index in [9.17, 15) is 5.11 Å². The summed E-state index contributed by atoms with van der Waals surface area (Å²) in [6, 6.07) is 7.41. The highest BCUT2D eigenvalue weighted by molar-refractivity contribution is 5.40. The van der Waals surface area contributed by atoms with Crippen LogP contribution in [-0.4, -0.2) is 27.5 Å². The highest BCUT2D eigenvalue weighted by Crippen LogP contribution is 2.29. The van der Waals surface area contributed by atoms with Gasteiger partial charge >= 0.3 is 0 Å². The number of rotatable bonds is 4. The molecule has 0 radical (unpaired) electrons. The lowest BCUT2D eigenvalue weighted by Gasteiger charge is -2.23. The van der Waals surface area contributed by atoms with Crippen LogP contribution in [0.15, 0.2) is 36.7 Å². The molecule has 2 N–H and O–H groups in total. The van der Waals surface area contributed by atoms with Crippen LogP contribution >= 0.6 is 0 Å². The van der Waals surface area contributed by atoms with Crippen molar-refractivity contribution in [1.82, 2.24) is 15.1 Å². The molecule has 2 heterocycles. The van der Waals surface area contributed by atoms with Gasteiger partial charge in [-0.15, -0.1) is 0 Å². The van der Waals surface area contributed by atoms with Gasteiger partial charge in [-0.05, 0) is 31.5 Å². The third kappa shape index (κ3) is 3.11. The number of phenolic OH excluding ortho intramolecular Hbond substituents is 1. The topological polar surface area (TPSA) is 59.3 Å². The molecule has 0 bridgehead atoms. The minimum absolute atomic E-state index is 0.134. The Bertz CT molecular complexity index is 562. The quantitative estimate of drug-likeness (QED) is 0.898. The van der Waals surface area contributed by atoms with Gasteiger partial charge < -0.3 is 15.2 Å². The maximum Gasteiger partial charge on any atom is 0.169 e. The first kappa shape index (κ1) is 13.0. The van der Waals surface area contributed by atoms with Crippen molar-refractivity contribution in [3.05, 3.63) is 36.7 Å². The van der Waals surface area contributed by atoms with E-state index in [0.717, 1.165) is 13.1 Å². The molecule has 1 aromatic carbocycles. The second-order valence-electron chi connectivity index (χ2n) is 5.11. The Balaban J connectivity index is 1.63. The predicted molar refractivity (Wildman–Crippen MR) is 76.0 cm³/mol. The van der Waals surface area contributed by atoms with Gasteiger partial charge in [0.1, 0.15) is 0 Å². The average Bonchev–Trinajstić information content (AvgIpc) is 2.90. The number of hydrogen-bond acceptors (Lipinski definition) is 4. The molecular formula is C15H19N3O2. The van der Waals surface area contributed by atoms with Crippen LogP contribution in [0.2, 0.25) is 0 Å². The molecule has 1 fully saturated rings. The van der Waals surface area contributed by atoms with E-state index >= 15 is 0 Å². The first-order chi connectivity index (χ1) is 9.81. The number of nitrogens with zero attached hydrogens (tertiary/aromatic N) is 2. The Kier molecular flexibility index (Phi) is 3.87. The number of benzene rings is 1. The fourth-order valence-corrected chi connectivity index (χ4v) is 2.47. The van der Waals surface area contributed by atoms with Gasteiger partial charge in [-0.25, -0.2) is 0 Å². The summed E-state index contributed by atoms with van der Waals surface area (Å²) in [4.78, 5) is 0. The summed E-state index contributed by atoms with van der Waals surface area (Å²) in [6.07, 6.45) is 7.27. The molecule has 1 aliphatic heterocycles. The molecule has 0 spiro atoms. The second-order valence-corrected chi connectivity index (χ2v) is 5.11. The van der Waals surface area contributed by atoms with Crippen molar-refractivity contribution >= 4 is 0 Å². The fraction of sp³-hybridized carbons (Fsp3) is 0.400. The summed E-state index contributed by atoms with van der Waals surface area (Å²) in [7, 11) is 0. The van der Waals surface area contributed by atoms with E-state index in [1.807, 2.05) is 16.9 Å². The maximum atomic E-state index is 9.68. The molecular weight excluding hydrogens is 254 g/mol. The fourth-order valence-electron chi connectivity index (χ4n) is 2.47. The molecule has 3 rings (SSSR count). The van der Waals surface area contributed by atoms with E-state index in [0.29, 0.717) is 17.5 Å². The van der Waals surface area contributed by atoms with Gasteiger partial charge in [0.05, 0.1) is 18.9 Å². The van der Waals surface area contributed by atoms with Gasteiger partial charge in [-0.1, -0.05) is 18.6 Å². The third-order valence-electron chi connectivity index (χ3n) is 3.52. The lowest BCUT2D eigenvalue weighted by Crippen LogP contribution is -2.37. The van der Waals surface area contributed by atoms with Crippen molar-refractivity contribution in [3.8, 4) is 17.2 Å². The van der Waals surface area contributed by atoms with Crippen LogP contribution in [0.4, 0.5) is 0 Å². The summed E-state index contributed by atoms with van der Waals surface area (Å²) in [6.45, 7) is 1.94. The molecule has 1 unspecified atom stereocenters. The van der Waals surface area contributed by atoms with E-state index in [1.54, 1.807) is 24.4 Å². The molecule has 1 atom stereocenters. The average molecular weight is 273 g/mol. The van der Waals surface area contributed by atoms with Crippen molar-refractivity contribution in [2.24, 2.45) is 0 Å². The Morgan fingerprint density at radius 2 is 2.25 bits per heavy atom. The smallest absolute Gasteiger partial charge is 0.169 e. The number of phenols is 1. The number of hydrogen-bond donors (Lipinski definition) is 2. The van der Waals surface area contributed by atoms with Gasteiger partial charge in [0.2, 0.25) is 0 Å².